The summed E-state index contributed by atoms with van der Waals surface area (Å²) in [6.45, 7) is 2.06. The molecule has 0 fully saturated rings. The van der Waals surface area contributed by atoms with E-state index in [2.05, 4.69) is 11.9 Å². The maximum atomic E-state index is 12.8. The summed E-state index contributed by atoms with van der Waals surface area (Å²) < 4.78 is 6.08. The standard InChI is InChI=1S/C24H21NO4/c1-2-22-20-13-16(7-8-18(20)19-10-11-25-14-23(19)29-22)21(26)9-6-15-4-3-5-17(12-15)24(27)28/h3-5,7-8,10-14,22H,2,6,9H2,1H3,(H,27,28). The third kappa shape index (κ3) is 3.76. The number of ketones is 1. The van der Waals surface area contributed by atoms with Crippen molar-refractivity contribution in [3.8, 4) is 16.9 Å². The number of ether oxygens (including phenoxy) is 1. The van der Waals surface area contributed by atoms with Crippen molar-refractivity contribution in [1.29, 1.82) is 0 Å². The Labute approximate surface area is 169 Å². The molecule has 4 rings (SSSR count). The molecule has 0 saturated carbocycles. The number of carbonyl (C=O) groups excluding carboxylic acids is 1. The minimum Gasteiger partial charge on any atom is -0.483 e. The lowest BCUT2D eigenvalue weighted by Crippen LogP contribution is -2.14. The zero-order chi connectivity index (χ0) is 20.4. The molecule has 1 aromatic heterocycles. The van der Waals surface area contributed by atoms with Crippen molar-refractivity contribution in [2.75, 3.05) is 0 Å². The van der Waals surface area contributed by atoms with Crippen molar-refractivity contribution < 1.29 is 19.4 Å². The summed E-state index contributed by atoms with van der Waals surface area (Å²) in [4.78, 5) is 28.0. The molecule has 29 heavy (non-hydrogen) atoms. The lowest BCUT2D eigenvalue weighted by molar-refractivity contribution is 0.0696. The summed E-state index contributed by atoms with van der Waals surface area (Å²) in [7, 11) is 0. The maximum absolute atomic E-state index is 12.8. The van der Waals surface area contributed by atoms with E-state index in [1.54, 1.807) is 30.6 Å². The highest BCUT2D eigenvalue weighted by Crippen LogP contribution is 2.43. The van der Waals surface area contributed by atoms with Gasteiger partial charge in [-0.05, 0) is 48.2 Å². The molecule has 0 aliphatic carbocycles. The van der Waals surface area contributed by atoms with Gasteiger partial charge in [0.15, 0.2) is 5.78 Å². The second kappa shape index (κ2) is 7.87. The molecule has 0 bridgehead atoms. The first kappa shape index (κ1) is 18.9. The fourth-order valence-electron chi connectivity index (χ4n) is 3.73. The van der Waals surface area contributed by atoms with Gasteiger partial charge in [0.1, 0.15) is 11.9 Å². The minimum absolute atomic E-state index is 0.0314. The van der Waals surface area contributed by atoms with Crippen LogP contribution in [0.15, 0.2) is 60.9 Å². The molecule has 2 aromatic carbocycles. The van der Waals surface area contributed by atoms with Gasteiger partial charge >= 0.3 is 5.97 Å². The number of aromatic nitrogens is 1. The van der Waals surface area contributed by atoms with Crippen LogP contribution < -0.4 is 4.74 Å². The van der Waals surface area contributed by atoms with Crippen LogP contribution in [0.3, 0.4) is 0 Å². The number of pyridine rings is 1. The van der Waals surface area contributed by atoms with Gasteiger partial charge in [0.2, 0.25) is 0 Å². The summed E-state index contributed by atoms with van der Waals surface area (Å²) in [5.74, 6) is -0.165. The molecule has 0 spiro atoms. The monoisotopic (exact) mass is 387 g/mol. The molecule has 1 atom stereocenters. The smallest absolute Gasteiger partial charge is 0.335 e. The fourth-order valence-corrected chi connectivity index (χ4v) is 3.73. The summed E-state index contributed by atoms with van der Waals surface area (Å²) in [6, 6.07) is 14.4. The molecular formula is C24H21NO4. The van der Waals surface area contributed by atoms with Crippen LogP contribution in [-0.4, -0.2) is 21.8 Å². The molecule has 3 aromatic rings. The number of carbonyl (C=O) groups is 2. The van der Waals surface area contributed by atoms with Crippen LogP contribution in [0.4, 0.5) is 0 Å². The Morgan fingerprint density at radius 3 is 2.72 bits per heavy atom. The second-order valence-electron chi connectivity index (χ2n) is 7.12. The molecule has 2 heterocycles. The molecule has 1 unspecified atom stereocenters. The van der Waals surface area contributed by atoms with Gasteiger partial charge in [0.25, 0.3) is 0 Å². The third-order valence-electron chi connectivity index (χ3n) is 5.25. The quantitative estimate of drug-likeness (QED) is 0.595. The van der Waals surface area contributed by atoms with E-state index in [4.69, 9.17) is 9.84 Å². The molecule has 5 nitrogen and oxygen atoms in total. The maximum Gasteiger partial charge on any atom is 0.335 e. The normalized spacial score (nSPS) is 14.4. The molecule has 1 aliphatic rings. The van der Waals surface area contributed by atoms with Crippen molar-refractivity contribution in [1.82, 2.24) is 4.98 Å². The SMILES string of the molecule is CCC1Oc2cnccc2-c2ccc(C(=O)CCc3cccc(C(=O)O)c3)cc21. The molecule has 1 aliphatic heterocycles. The molecule has 146 valence electrons. The molecule has 1 N–H and O–H groups in total. The summed E-state index contributed by atoms with van der Waals surface area (Å²) in [5.41, 5.74) is 4.81. The largest absolute Gasteiger partial charge is 0.483 e. The molecular weight excluding hydrogens is 366 g/mol. The Bertz CT molecular complexity index is 1090. The number of aryl methyl sites for hydroxylation is 1. The first-order chi connectivity index (χ1) is 14.1. The zero-order valence-electron chi connectivity index (χ0n) is 16.1. The Morgan fingerprint density at radius 1 is 1.07 bits per heavy atom. The number of hydrogen-bond acceptors (Lipinski definition) is 4. The van der Waals surface area contributed by atoms with Gasteiger partial charge in [-0.15, -0.1) is 0 Å². The van der Waals surface area contributed by atoms with Crippen LogP contribution in [0, 0.1) is 0 Å². The fraction of sp³-hybridized carbons (Fsp3) is 0.208. The lowest BCUT2D eigenvalue weighted by atomic mass is 9.89. The van der Waals surface area contributed by atoms with Crippen molar-refractivity contribution in [2.45, 2.75) is 32.3 Å². The third-order valence-corrected chi connectivity index (χ3v) is 5.25. The Hall–Kier alpha value is -3.47. The topological polar surface area (TPSA) is 76.5 Å². The highest BCUT2D eigenvalue weighted by Gasteiger charge is 2.25. The van der Waals surface area contributed by atoms with Crippen LogP contribution in [-0.2, 0) is 6.42 Å². The number of carboxylic acid groups (broad SMARTS) is 1. The minimum atomic E-state index is -0.964. The number of carboxylic acids is 1. The van der Waals surface area contributed by atoms with Gasteiger partial charge in [0, 0.05) is 29.3 Å². The van der Waals surface area contributed by atoms with Crippen LogP contribution >= 0.6 is 0 Å². The average Bonchev–Trinajstić information content (AvgIpc) is 2.76. The number of rotatable bonds is 6. The highest BCUT2D eigenvalue weighted by atomic mass is 16.5. The number of nitrogens with zero attached hydrogens (tertiary/aromatic N) is 1. The van der Waals surface area contributed by atoms with Crippen LogP contribution in [0.5, 0.6) is 5.75 Å². The Kier molecular flexibility index (Phi) is 5.12. The Balaban J connectivity index is 1.56. The van der Waals surface area contributed by atoms with Crippen molar-refractivity contribution in [2.24, 2.45) is 0 Å². The molecule has 0 amide bonds. The first-order valence-corrected chi connectivity index (χ1v) is 9.67. The van der Waals surface area contributed by atoms with E-state index in [1.165, 1.54) is 0 Å². The number of fused-ring (bicyclic) bond motifs is 3. The molecule has 0 radical (unpaired) electrons. The van der Waals surface area contributed by atoms with Gasteiger partial charge in [-0.1, -0.05) is 31.2 Å². The summed E-state index contributed by atoms with van der Waals surface area (Å²) in [5, 5.41) is 9.11. The molecule has 0 saturated heterocycles. The van der Waals surface area contributed by atoms with Crippen molar-refractivity contribution in [3.63, 3.8) is 0 Å². The average molecular weight is 387 g/mol. The van der Waals surface area contributed by atoms with E-state index >= 15 is 0 Å². The zero-order valence-corrected chi connectivity index (χ0v) is 16.1. The van der Waals surface area contributed by atoms with E-state index in [-0.39, 0.29) is 17.5 Å². The van der Waals surface area contributed by atoms with Gasteiger partial charge in [0.05, 0.1) is 11.8 Å². The Morgan fingerprint density at radius 2 is 1.93 bits per heavy atom. The van der Waals surface area contributed by atoms with Crippen molar-refractivity contribution in [3.05, 3.63) is 83.2 Å². The van der Waals surface area contributed by atoms with Crippen LogP contribution in [0.25, 0.3) is 11.1 Å². The van der Waals surface area contributed by atoms with E-state index in [0.717, 1.165) is 34.4 Å². The number of Topliss-reactive ketones (excluding diaryl/α,β-unsaturated/α-hetero) is 1. The van der Waals surface area contributed by atoms with Crippen LogP contribution in [0.1, 0.15) is 57.7 Å². The number of benzene rings is 2. The first-order valence-electron chi connectivity index (χ1n) is 9.67. The van der Waals surface area contributed by atoms with E-state index in [1.807, 2.05) is 30.3 Å². The van der Waals surface area contributed by atoms with Crippen molar-refractivity contribution >= 4 is 11.8 Å². The predicted octanol–water partition coefficient (Wildman–Crippen LogP) is 5.11. The number of hydrogen-bond donors (Lipinski definition) is 1. The van der Waals surface area contributed by atoms with E-state index < -0.39 is 5.97 Å². The predicted molar refractivity (Wildman–Crippen MR) is 109 cm³/mol. The van der Waals surface area contributed by atoms with Gasteiger partial charge in [-0.25, -0.2) is 4.79 Å². The highest BCUT2D eigenvalue weighted by molar-refractivity contribution is 5.97. The summed E-state index contributed by atoms with van der Waals surface area (Å²) in [6.07, 6.45) is 4.97. The van der Waals surface area contributed by atoms with Gasteiger partial charge in [-0.2, -0.15) is 0 Å². The van der Waals surface area contributed by atoms with E-state index in [9.17, 15) is 9.59 Å². The lowest BCUT2D eigenvalue weighted by Gasteiger charge is -2.28. The van der Waals surface area contributed by atoms with Crippen LogP contribution in [0.2, 0.25) is 0 Å². The van der Waals surface area contributed by atoms with E-state index in [0.29, 0.717) is 18.4 Å². The van der Waals surface area contributed by atoms with Gasteiger partial charge in [-0.3, -0.25) is 9.78 Å². The number of aromatic carboxylic acids is 1. The van der Waals surface area contributed by atoms with Gasteiger partial charge < -0.3 is 9.84 Å². The molecule has 5 heteroatoms. The summed E-state index contributed by atoms with van der Waals surface area (Å²) >= 11 is 0. The second-order valence-corrected chi connectivity index (χ2v) is 7.12.